The zero-order chi connectivity index (χ0) is 13.7. The second-order valence-electron chi connectivity index (χ2n) is 4.79. The maximum Gasteiger partial charge on any atom is 0.0801 e. The Morgan fingerprint density at radius 1 is 1.32 bits per heavy atom. The Bertz CT molecular complexity index is 518. The molecule has 0 aliphatic rings. The number of nitrogens with zero attached hydrogens (tertiary/aromatic N) is 3. The molecule has 1 unspecified atom stereocenters. The van der Waals surface area contributed by atoms with Crippen LogP contribution in [0.15, 0.2) is 30.5 Å². The number of rotatable bonds is 6. The summed E-state index contributed by atoms with van der Waals surface area (Å²) in [5, 5.41) is 11.8. The molecule has 0 amide bonds. The van der Waals surface area contributed by atoms with Crippen molar-refractivity contribution < 1.29 is 0 Å². The van der Waals surface area contributed by atoms with Gasteiger partial charge in [0.1, 0.15) is 0 Å². The maximum absolute atomic E-state index is 4.18. The van der Waals surface area contributed by atoms with Gasteiger partial charge in [-0.05, 0) is 25.5 Å². The van der Waals surface area contributed by atoms with Crippen molar-refractivity contribution >= 4 is 0 Å². The molecular weight excluding hydrogens is 236 g/mol. The number of benzene rings is 1. The first-order valence-corrected chi connectivity index (χ1v) is 6.94. The highest BCUT2D eigenvalue weighted by Crippen LogP contribution is 2.22. The summed E-state index contributed by atoms with van der Waals surface area (Å²) < 4.78 is 2.00. The van der Waals surface area contributed by atoms with E-state index in [-0.39, 0.29) is 6.04 Å². The average Bonchev–Trinajstić information content (AvgIpc) is 2.84. The molecular formula is C15H22N4. The predicted octanol–water partition coefficient (Wildman–Crippen LogP) is 2.70. The van der Waals surface area contributed by atoms with Crippen LogP contribution in [0, 0.1) is 6.92 Å². The summed E-state index contributed by atoms with van der Waals surface area (Å²) in [6.07, 6.45) is 2.92. The number of aromatic nitrogens is 3. The van der Waals surface area contributed by atoms with Crippen LogP contribution in [0.1, 0.15) is 43.1 Å². The zero-order valence-corrected chi connectivity index (χ0v) is 11.9. The largest absolute Gasteiger partial charge is 0.305 e. The summed E-state index contributed by atoms with van der Waals surface area (Å²) in [6, 6.07) is 8.75. The lowest BCUT2D eigenvalue weighted by atomic mass is 10.0. The Morgan fingerprint density at radius 2 is 2.16 bits per heavy atom. The molecule has 1 heterocycles. The molecule has 4 nitrogen and oxygen atoms in total. The van der Waals surface area contributed by atoms with E-state index in [2.05, 4.69) is 60.7 Å². The van der Waals surface area contributed by atoms with Crippen molar-refractivity contribution in [3.05, 3.63) is 47.3 Å². The van der Waals surface area contributed by atoms with Crippen LogP contribution in [-0.4, -0.2) is 21.5 Å². The lowest BCUT2D eigenvalue weighted by Gasteiger charge is -2.19. The van der Waals surface area contributed by atoms with Crippen molar-refractivity contribution in [3.8, 4) is 0 Å². The molecule has 2 aromatic rings. The van der Waals surface area contributed by atoms with Gasteiger partial charge in [0.15, 0.2) is 0 Å². The third kappa shape index (κ3) is 3.20. The van der Waals surface area contributed by atoms with Gasteiger partial charge in [-0.3, -0.25) is 0 Å². The highest BCUT2D eigenvalue weighted by Gasteiger charge is 2.18. The van der Waals surface area contributed by atoms with Crippen molar-refractivity contribution in [2.75, 3.05) is 6.54 Å². The molecule has 0 bridgehead atoms. The topological polar surface area (TPSA) is 42.7 Å². The lowest BCUT2D eigenvalue weighted by molar-refractivity contribution is 0.511. The Hall–Kier alpha value is -1.68. The molecule has 1 N–H and O–H groups in total. The van der Waals surface area contributed by atoms with E-state index in [0.717, 1.165) is 25.2 Å². The van der Waals surface area contributed by atoms with Crippen molar-refractivity contribution in [2.24, 2.45) is 0 Å². The van der Waals surface area contributed by atoms with Crippen LogP contribution in [0.5, 0.6) is 0 Å². The molecule has 0 saturated heterocycles. The molecule has 19 heavy (non-hydrogen) atoms. The summed E-state index contributed by atoms with van der Waals surface area (Å²) in [4.78, 5) is 0. The fraction of sp³-hybridized carbons (Fsp3) is 0.467. The maximum atomic E-state index is 4.18. The van der Waals surface area contributed by atoms with Crippen molar-refractivity contribution in [1.82, 2.24) is 20.3 Å². The van der Waals surface area contributed by atoms with Gasteiger partial charge in [-0.1, -0.05) is 48.9 Å². The predicted molar refractivity (Wildman–Crippen MR) is 77.0 cm³/mol. The van der Waals surface area contributed by atoms with Crippen LogP contribution >= 0.6 is 0 Å². The Labute approximate surface area is 114 Å². The Morgan fingerprint density at radius 3 is 2.84 bits per heavy atom. The molecule has 0 fully saturated rings. The molecule has 1 atom stereocenters. The second kappa shape index (κ2) is 6.48. The van der Waals surface area contributed by atoms with Crippen LogP contribution in [0.2, 0.25) is 0 Å². The second-order valence-corrected chi connectivity index (χ2v) is 4.79. The SMILES string of the molecule is CCCn1nncc1C(NCC)c1cccc(C)c1. The minimum Gasteiger partial charge on any atom is -0.305 e. The quantitative estimate of drug-likeness (QED) is 0.866. The van der Waals surface area contributed by atoms with Gasteiger partial charge >= 0.3 is 0 Å². The van der Waals surface area contributed by atoms with Crippen molar-refractivity contribution in [3.63, 3.8) is 0 Å². The molecule has 102 valence electrons. The number of nitrogens with one attached hydrogen (secondary N) is 1. The molecule has 0 spiro atoms. The highest BCUT2D eigenvalue weighted by molar-refractivity contribution is 5.30. The number of hydrogen-bond donors (Lipinski definition) is 1. The lowest BCUT2D eigenvalue weighted by Crippen LogP contribution is -2.25. The van der Waals surface area contributed by atoms with Crippen LogP contribution < -0.4 is 5.32 Å². The van der Waals surface area contributed by atoms with Crippen LogP contribution in [0.3, 0.4) is 0 Å². The van der Waals surface area contributed by atoms with Crippen LogP contribution in [0.4, 0.5) is 0 Å². The smallest absolute Gasteiger partial charge is 0.0801 e. The van der Waals surface area contributed by atoms with Gasteiger partial charge in [-0.25, -0.2) is 4.68 Å². The zero-order valence-electron chi connectivity index (χ0n) is 11.9. The first-order chi connectivity index (χ1) is 9.26. The molecule has 4 heteroatoms. The Kier molecular flexibility index (Phi) is 4.68. The van der Waals surface area contributed by atoms with Crippen LogP contribution in [0.25, 0.3) is 0 Å². The molecule has 0 aliphatic carbocycles. The normalized spacial score (nSPS) is 12.6. The molecule has 1 aromatic carbocycles. The first kappa shape index (κ1) is 13.7. The third-order valence-corrected chi connectivity index (χ3v) is 3.16. The van der Waals surface area contributed by atoms with E-state index in [1.54, 1.807) is 0 Å². The van der Waals surface area contributed by atoms with Gasteiger partial charge in [0, 0.05) is 6.54 Å². The average molecular weight is 258 g/mol. The summed E-state index contributed by atoms with van der Waals surface area (Å²) in [6.45, 7) is 8.21. The van der Waals surface area contributed by atoms with E-state index in [1.807, 2.05) is 10.9 Å². The van der Waals surface area contributed by atoms with Crippen molar-refractivity contribution in [1.29, 1.82) is 0 Å². The minimum absolute atomic E-state index is 0.159. The first-order valence-electron chi connectivity index (χ1n) is 6.94. The van der Waals surface area contributed by atoms with Gasteiger partial charge in [-0.15, -0.1) is 5.10 Å². The Balaban J connectivity index is 2.36. The fourth-order valence-corrected chi connectivity index (χ4v) is 2.32. The number of hydrogen-bond acceptors (Lipinski definition) is 3. The van der Waals surface area contributed by atoms with E-state index < -0.39 is 0 Å². The van der Waals surface area contributed by atoms with Gasteiger partial charge < -0.3 is 5.32 Å². The van der Waals surface area contributed by atoms with E-state index in [0.29, 0.717) is 0 Å². The van der Waals surface area contributed by atoms with E-state index in [1.165, 1.54) is 11.1 Å². The summed E-state index contributed by atoms with van der Waals surface area (Å²) in [5.41, 5.74) is 3.67. The summed E-state index contributed by atoms with van der Waals surface area (Å²) in [5.74, 6) is 0. The summed E-state index contributed by atoms with van der Waals surface area (Å²) in [7, 11) is 0. The van der Waals surface area contributed by atoms with Crippen molar-refractivity contribution in [2.45, 2.75) is 39.8 Å². The monoisotopic (exact) mass is 258 g/mol. The number of aryl methyl sites for hydroxylation is 2. The highest BCUT2D eigenvalue weighted by atomic mass is 15.4. The molecule has 0 saturated carbocycles. The van der Waals surface area contributed by atoms with Gasteiger partial charge in [0.25, 0.3) is 0 Å². The van der Waals surface area contributed by atoms with E-state index in [4.69, 9.17) is 0 Å². The van der Waals surface area contributed by atoms with Gasteiger partial charge in [0.2, 0.25) is 0 Å². The standard InChI is InChI=1S/C15H22N4/c1-4-9-19-14(11-17-18-19)15(16-5-2)13-8-6-7-12(3)10-13/h6-8,10-11,15-16H,4-5,9H2,1-3H3. The fourth-order valence-electron chi connectivity index (χ4n) is 2.32. The van der Waals surface area contributed by atoms with Gasteiger partial charge in [-0.2, -0.15) is 0 Å². The molecule has 2 rings (SSSR count). The van der Waals surface area contributed by atoms with E-state index in [9.17, 15) is 0 Å². The summed E-state index contributed by atoms with van der Waals surface area (Å²) >= 11 is 0. The van der Waals surface area contributed by atoms with Crippen LogP contribution in [-0.2, 0) is 6.54 Å². The molecule has 0 radical (unpaired) electrons. The van der Waals surface area contributed by atoms with E-state index >= 15 is 0 Å². The third-order valence-electron chi connectivity index (χ3n) is 3.16. The molecule has 0 aliphatic heterocycles. The molecule has 1 aromatic heterocycles. The minimum atomic E-state index is 0.159. The van der Waals surface area contributed by atoms with Gasteiger partial charge in [0.05, 0.1) is 17.9 Å².